The minimum absolute atomic E-state index is 0.0368. The average molecular weight is 250 g/mol. The molecule has 100 valence electrons. The van der Waals surface area contributed by atoms with E-state index in [2.05, 4.69) is 5.32 Å². The van der Waals surface area contributed by atoms with Crippen molar-refractivity contribution < 1.29 is 9.53 Å². The number of amides is 1. The summed E-state index contributed by atoms with van der Waals surface area (Å²) in [4.78, 5) is 11.5. The molecule has 0 bridgehead atoms. The van der Waals surface area contributed by atoms with Gasteiger partial charge in [0, 0.05) is 12.6 Å². The molecule has 0 radical (unpaired) electrons. The minimum Gasteiger partial charge on any atom is -0.484 e. The average Bonchev–Trinajstić information content (AvgIpc) is 2.34. The summed E-state index contributed by atoms with van der Waals surface area (Å²) < 4.78 is 5.42. The van der Waals surface area contributed by atoms with Crippen molar-refractivity contribution in [3.05, 3.63) is 29.8 Å². The van der Waals surface area contributed by atoms with Crippen molar-refractivity contribution >= 4 is 5.91 Å². The van der Waals surface area contributed by atoms with Crippen LogP contribution in [-0.4, -0.2) is 19.1 Å². The lowest BCUT2D eigenvalue weighted by molar-refractivity contribution is -0.123. The number of rotatable bonds is 6. The van der Waals surface area contributed by atoms with Crippen LogP contribution in [0.2, 0.25) is 0 Å². The fourth-order valence-corrected chi connectivity index (χ4v) is 1.41. The Labute approximate surface area is 109 Å². The largest absolute Gasteiger partial charge is 0.484 e. The molecule has 0 heterocycles. The number of carbonyl (C=O) groups excluding carboxylic acids is 1. The second-order valence-corrected chi connectivity index (χ2v) is 4.85. The number of ether oxygens (including phenoxy) is 1. The van der Waals surface area contributed by atoms with Gasteiger partial charge >= 0.3 is 0 Å². The summed E-state index contributed by atoms with van der Waals surface area (Å²) in [5.41, 5.74) is 6.78. The predicted molar refractivity (Wildman–Crippen MR) is 72.4 cm³/mol. The molecule has 0 aromatic heterocycles. The van der Waals surface area contributed by atoms with Crippen molar-refractivity contribution in [2.24, 2.45) is 11.7 Å². The molecule has 1 amide bonds. The van der Waals surface area contributed by atoms with Gasteiger partial charge in [0.25, 0.3) is 5.91 Å². The Kier molecular flexibility index (Phi) is 5.65. The maximum atomic E-state index is 11.5. The van der Waals surface area contributed by atoms with Gasteiger partial charge < -0.3 is 15.8 Å². The molecular formula is C14H22N2O2. The highest BCUT2D eigenvalue weighted by molar-refractivity contribution is 5.77. The monoisotopic (exact) mass is 250 g/mol. The van der Waals surface area contributed by atoms with Gasteiger partial charge in [0.15, 0.2) is 6.61 Å². The van der Waals surface area contributed by atoms with Gasteiger partial charge in [-0.2, -0.15) is 0 Å². The Morgan fingerprint density at radius 2 is 2.11 bits per heavy atom. The standard InChI is InChI=1S/C14H22N2O2/c1-10(2)8-16-14(17)9-18-13-6-4-5-12(7-13)11(3)15/h4-7,10-11H,8-9,15H2,1-3H3,(H,16,17)/t11-/m0/s1. The fourth-order valence-electron chi connectivity index (χ4n) is 1.41. The van der Waals surface area contributed by atoms with Crippen molar-refractivity contribution in [1.82, 2.24) is 5.32 Å². The van der Waals surface area contributed by atoms with E-state index in [1.165, 1.54) is 0 Å². The van der Waals surface area contributed by atoms with Gasteiger partial charge in [0.1, 0.15) is 5.75 Å². The van der Waals surface area contributed by atoms with Gasteiger partial charge in [-0.15, -0.1) is 0 Å². The molecule has 0 aliphatic heterocycles. The van der Waals surface area contributed by atoms with E-state index >= 15 is 0 Å². The number of benzene rings is 1. The topological polar surface area (TPSA) is 64.3 Å². The second kappa shape index (κ2) is 7.01. The molecule has 1 aromatic carbocycles. The molecule has 1 atom stereocenters. The van der Waals surface area contributed by atoms with E-state index in [0.717, 1.165) is 5.56 Å². The van der Waals surface area contributed by atoms with Crippen LogP contribution >= 0.6 is 0 Å². The first kappa shape index (κ1) is 14.5. The van der Waals surface area contributed by atoms with Crippen molar-refractivity contribution in [2.75, 3.05) is 13.2 Å². The number of nitrogens with one attached hydrogen (secondary N) is 1. The highest BCUT2D eigenvalue weighted by atomic mass is 16.5. The Bertz CT molecular complexity index is 389. The summed E-state index contributed by atoms with van der Waals surface area (Å²) in [6.45, 7) is 6.71. The summed E-state index contributed by atoms with van der Waals surface area (Å²) in [5, 5.41) is 2.80. The molecule has 0 unspecified atom stereocenters. The normalized spacial score (nSPS) is 12.3. The van der Waals surface area contributed by atoms with Crippen LogP contribution in [0, 0.1) is 5.92 Å². The second-order valence-electron chi connectivity index (χ2n) is 4.85. The third-order valence-electron chi connectivity index (χ3n) is 2.46. The van der Waals surface area contributed by atoms with E-state index in [-0.39, 0.29) is 18.6 Å². The van der Waals surface area contributed by atoms with Crippen LogP contribution in [0.15, 0.2) is 24.3 Å². The molecule has 4 nitrogen and oxygen atoms in total. The molecule has 1 aromatic rings. The summed E-state index contributed by atoms with van der Waals surface area (Å²) >= 11 is 0. The van der Waals surface area contributed by atoms with Crippen LogP contribution in [0.25, 0.3) is 0 Å². The molecule has 0 saturated carbocycles. The van der Waals surface area contributed by atoms with E-state index in [1.807, 2.05) is 45.0 Å². The van der Waals surface area contributed by atoms with Crippen LogP contribution < -0.4 is 15.8 Å². The van der Waals surface area contributed by atoms with Gasteiger partial charge in [-0.3, -0.25) is 4.79 Å². The van der Waals surface area contributed by atoms with Crippen LogP contribution in [0.1, 0.15) is 32.4 Å². The third-order valence-corrected chi connectivity index (χ3v) is 2.46. The highest BCUT2D eigenvalue weighted by Gasteiger charge is 2.05. The number of nitrogens with two attached hydrogens (primary N) is 1. The third kappa shape index (κ3) is 5.19. The maximum absolute atomic E-state index is 11.5. The smallest absolute Gasteiger partial charge is 0.257 e. The van der Waals surface area contributed by atoms with Crippen molar-refractivity contribution in [3.8, 4) is 5.75 Å². The van der Waals surface area contributed by atoms with E-state index in [1.54, 1.807) is 0 Å². The van der Waals surface area contributed by atoms with Crippen LogP contribution in [-0.2, 0) is 4.79 Å². The molecule has 0 spiro atoms. The Hall–Kier alpha value is -1.55. The van der Waals surface area contributed by atoms with Gasteiger partial charge in [0.2, 0.25) is 0 Å². The van der Waals surface area contributed by atoms with Gasteiger partial charge in [0.05, 0.1) is 0 Å². The molecule has 0 aliphatic carbocycles. The zero-order valence-electron chi connectivity index (χ0n) is 11.3. The van der Waals surface area contributed by atoms with Crippen molar-refractivity contribution in [3.63, 3.8) is 0 Å². The van der Waals surface area contributed by atoms with Gasteiger partial charge in [-0.25, -0.2) is 0 Å². The van der Waals surface area contributed by atoms with Gasteiger partial charge in [-0.05, 0) is 30.5 Å². The first-order valence-corrected chi connectivity index (χ1v) is 6.24. The lowest BCUT2D eigenvalue weighted by Crippen LogP contribution is -2.31. The summed E-state index contributed by atoms with van der Waals surface area (Å²) in [6.07, 6.45) is 0. The molecule has 18 heavy (non-hydrogen) atoms. The minimum atomic E-state index is -0.102. The first-order chi connectivity index (χ1) is 8.49. The number of hydrogen-bond acceptors (Lipinski definition) is 3. The molecule has 0 fully saturated rings. The van der Waals surface area contributed by atoms with Crippen molar-refractivity contribution in [1.29, 1.82) is 0 Å². The Balaban J connectivity index is 2.43. The lowest BCUT2D eigenvalue weighted by atomic mass is 10.1. The predicted octanol–water partition coefficient (Wildman–Crippen LogP) is 1.86. The molecule has 0 aliphatic rings. The zero-order chi connectivity index (χ0) is 13.5. The van der Waals surface area contributed by atoms with E-state index in [0.29, 0.717) is 18.2 Å². The summed E-state index contributed by atoms with van der Waals surface area (Å²) in [6, 6.07) is 7.46. The fraction of sp³-hybridized carbons (Fsp3) is 0.500. The Morgan fingerprint density at radius 1 is 1.39 bits per heavy atom. The first-order valence-electron chi connectivity index (χ1n) is 6.24. The molecular weight excluding hydrogens is 228 g/mol. The highest BCUT2D eigenvalue weighted by Crippen LogP contribution is 2.17. The van der Waals surface area contributed by atoms with E-state index in [9.17, 15) is 4.79 Å². The molecule has 1 rings (SSSR count). The molecule has 0 saturated heterocycles. The quantitative estimate of drug-likeness (QED) is 0.810. The molecule has 4 heteroatoms. The maximum Gasteiger partial charge on any atom is 0.257 e. The van der Waals surface area contributed by atoms with E-state index in [4.69, 9.17) is 10.5 Å². The number of hydrogen-bond donors (Lipinski definition) is 2. The van der Waals surface area contributed by atoms with Crippen LogP contribution in [0.4, 0.5) is 0 Å². The lowest BCUT2D eigenvalue weighted by Gasteiger charge is -2.11. The SMILES string of the molecule is CC(C)CNC(=O)COc1cccc([C@H](C)N)c1. The van der Waals surface area contributed by atoms with Crippen molar-refractivity contribution in [2.45, 2.75) is 26.8 Å². The summed E-state index contributed by atoms with van der Waals surface area (Å²) in [5.74, 6) is 1.01. The van der Waals surface area contributed by atoms with E-state index < -0.39 is 0 Å². The summed E-state index contributed by atoms with van der Waals surface area (Å²) in [7, 11) is 0. The number of carbonyl (C=O) groups is 1. The van der Waals surface area contributed by atoms with Crippen LogP contribution in [0.5, 0.6) is 5.75 Å². The zero-order valence-corrected chi connectivity index (χ0v) is 11.3. The van der Waals surface area contributed by atoms with Crippen LogP contribution in [0.3, 0.4) is 0 Å². The molecule has 3 N–H and O–H groups in total. The van der Waals surface area contributed by atoms with Gasteiger partial charge in [-0.1, -0.05) is 26.0 Å². The Morgan fingerprint density at radius 3 is 2.72 bits per heavy atom.